The number of halogens is 1. The summed E-state index contributed by atoms with van der Waals surface area (Å²) in [7, 11) is 0. The molecule has 0 unspecified atom stereocenters. The SMILES string of the molecule is Nc1c(-c2ccnc3cc(-c4cc5ccccc5o4)ccc23)ccc(O)c1Br. The fourth-order valence-corrected chi connectivity index (χ4v) is 3.82. The second kappa shape index (κ2) is 6.39. The van der Waals surface area contributed by atoms with E-state index in [4.69, 9.17) is 10.2 Å². The van der Waals surface area contributed by atoms with Gasteiger partial charge < -0.3 is 15.3 Å². The molecule has 0 amide bonds. The molecule has 0 fully saturated rings. The minimum absolute atomic E-state index is 0.117. The molecule has 0 saturated carbocycles. The standard InChI is InChI=1S/C23H15BrN2O2/c24-22-19(27)8-7-17(23(22)25)15-9-10-26-18-11-14(5-6-16(15)18)21-12-13-3-1-2-4-20(13)28-21/h1-12,27H,25H2. The molecule has 5 heteroatoms. The predicted octanol–water partition coefficient (Wildman–Crippen LogP) is 6.37. The Labute approximate surface area is 169 Å². The molecular formula is C23H15BrN2O2. The number of phenols is 1. The van der Waals surface area contributed by atoms with E-state index in [1.165, 1.54) is 0 Å². The van der Waals surface area contributed by atoms with E-state index in [0.29, 0.717) is 10.2 Å². The van der Waals surface area contributed by atoms with E-state index in [1.54, 1.807) is 12.3 Å². The zero-order valence-electron chi connectivity index (χ0n) is 14.7. The van der Waals surface area contributed by atoms with Gasteiger partial charge in [-0.05, 0) is 57.9 Å². The monoisotopic (exact) mass is 430 g/mol. The minimum Gasteiger partial charge on any atom is -0.507 e. The van der Waals surface area contributed by atoms with Crippen LogP contribution in [-0.2, 0) is 0 Å². The molecule has 4 nitrogen and oxygen atoms in total. The van der Waals surface area contributed by atoms with Crippen molar-refractivity contribution in [1.82, 2.24) is 4.98 Å². The van der Waals surface area contributed by atoms with Gasteiger partial charge in [0, 0.05) is 28.1 Å². The Kier molecular flexibility index (Phi) is 3.84. The molecule has 3 N–H and O–H groups in total. The summed E-state index contributed by atoms with van der Waals surface area (Å²) < 4.78 is 6.48. The van der Waals surface area contributed by atoms with Crippen molar-refractivity contribution < 1.29 is 9.52 Å². The summed E-state index contributed by atoms with van der Waals surface area (Å²) in [6, 6.07) is 21.4. The highest BCUT2D eigenvalue weighted by molar-refractivity contribution is 9.10. The van der Waals surface area contributed by atoms with Gasteiger partial charge in [-0.15, -0.1) is 0 Å². The fourth-order valence-electron chi connectivity index (χ4n) is 3.48. The maximum absolute atomic E-state index is 9.86. The third-order valence-electron chi connectivity index (χ3n) is 4.90. The van der Waals surface area contributed by atoms with Gasteiger partial charge in [0.15, 0.2) is 0 Å². The molecular weight excluding hydrogens is 416 g/mol. The van der Waals surface area contributed by atoms with Gasteiger partial charge >= 0.3 is 0 Å². The van der Waals surface area contributed by atoms with E-state index in [9.17, 15) is 5.11 Å². The lowest BCUT2D eigenvalue weighted by Gasteiger charge is -2.12. The molecule has 3 aromatic carbocycles. The Bertz CT molecular complexity index is 1320. The number of nitrogens with two attached hydrogens (primary N) is 1. The van der Waals surface area contributed by atoms with Gasteiger partial charge in [0.05, 0.1) is 15.7 Å². The fraction of sp³-hybridized carbons (Fsp3) is 0. The molecule has 28 heavy (non-hydrogen) atoms. The lowest BCUT2D eigenvalue weighted by atomic mass is 9.98. The van der Waals surface area contributed by atoms with Crippen LogP contribution in [0.25, 0.3) is 44.3 Å². The summed E-state index contributed by atoms with van der Waals surface area (Å²) in [5.41, 5.74) is 11.2. The first-order valence-corrected chi connectivity index (χ1v) is 9.56. The average molecular weight is 431 g/mol. The van der Waals surface area contributed by atoms with E-state index in [1.807, 2.05) is 60.7 Å². The molecule has 0 aliphatic rings. The number of nitrogens with zero attached hydrogens (tertiary/aromatic N) is 1. The molecule has 0 atom stereocenters. The van der Waals surface area contributed by atoms with E-state index in [2.05, 4.69) is 20.9 Å². The molecule has 0 radical (unpaired) electrons. The van der Waals surface area contributed by atoms with Crippen molar-refractivity contribution in [2.75, 3.05) is 5.73 Å². The van der Waals surface area contributed by atoms with Crippen LogP contribution in [0.15, 0.2) is 81.8 Å². The normalized spacial score (nSPS) is 11.3. The van der Waals surface area contributed by atoms with Crippen LogP contribution in [0.3, 0.4) is 0 Å². The molecule has 0 spiro atoms. The van der Waals surface area contributed by atoms with Crippen molar-refractivity contribution in [3.05, 3.63) is 77.4 Å². The van der Waals surface area contributed by atoms with Gasteiger partial charge in [-0.3, -0.25) is 4.98 Å². The van der Waals surface area contributed by atoms with E-state index < -0.39 is 0 Å². The van der Waals surface area contributed by atoms with Gasteiger partial charge in [0.25, 0.3) is 0 Å². The number of benzene rings is 3. The van der Waals surface area contributed by atoms with Crippen molar-refractivity contribution in [1.29, 1.82) is 0 Å². The summed E-state index contributed by atoms with van der Waals surface area (Å²) in [6.45, 7) is 0. The molecule has 0 aliphatic carbocycles. The van der Waals surface area contributed by atoms with Gasteiger partial charge in [-0.2, -0.15) is 0 Å². The summed E-state index contributed by atoms with van der Waals surface area (Å²) in [5, 5.41) is 11.9. The maximum Gasteiger partial charge on any atom is 0.135 e. The third kappa shape index (κ3) is 2.63. The number of furan rings is 1. The maximum atomic E-state index is 9.86. The number of para-hydroxylation sites is 1. The summed E-state index contributed by atoms with van der Waals surface area (Å²) in [4.78, 5) is 4.53. The highest BCUT2D eigenvalue weighted by Gasteiger charge is 2.14. The molecule has 0 aliphatic heterocycles. The van der Waals surface area contributed by atoms with Crippen molar-refractivity contribution in [2.45, 2.75) is 0 Å². The van der Waals surface area contributed by atoms with Gasteiger partial charge in [-0.1, -0.05) is 30.3 Å². The summed E-state index contributed by atoms with van der Waals surface area (Å²) in [6.07, 6.45) is 1.76. The van der Waals surface area contributed by atoms with E-state index in [-0.39, 0.29) is 5.75 Å². The zero-order valence-corrected chi connectivity index (χ0v) is 16.3. The number of pyridine rings is 1. The first kappa shape index (κ1) is 16.8. The largest absolute Gasteiger partial charge is 0.507 e. The molecule has 5 rings (SSSR count). The number of aromatic nitrogens is 1. The number of anilines is 1. The molecule has 2 heterocycles. The highest BCUT2D eigenvalue weighted by atomic mass is 79.9. The van der Waals surface area contributed by atoms with Crippen LogP contribution in [0.5, 0.6) is 5.75 Å². The second-order valence-electron chi connectivity index (χ2n) is 6.60. The van der Waals surface area contributed by atoms with Crippen LogP contribution in [0, 0.1) is 0 Å². The Morgan fingerprint density at radius 1 is 0.929 bits per heavy atom. The number of hydrogen-bond acceptors (Lipinski definition) is 4. The molecule has 0 bridgehead atoms. The van der Waals surface area contributed by atoms with Crippen molar-refractivity contribution in [3.63, 3.8) is 0 Å². The number of aromatic hydroxyl groups is 1. The Hall–Kier alpha value is -3.31. The van der Waals surface area contributed by atoms with Crippen LogP contribution >= 0.6 is 15.9 Å². The van der Waals surface area contributed by atoms with Crippen LogP contribution in [0.2, 0.25) is 0 Å². The van der Waals surface area contributed by atoms with E-state index in [0.717, 1.165) is 44.3 Å². The van der Waals surface area contributed by atoms with E-state index >= 15 is 0 Å². The second-order valence-corrected chi connectivity index (χ2v) is 7.39. The first-order chi connectivity index (χ1) is 13.6. The lowest BCUT2D eigenvalue weighted by molar-refractivity contribution is 0.472. The Morgan fingerprint density at radius 2 is 1.79 bits per heavy atom. The molecule has 136 valence electrons. The smallest absolute Gasteiger partial charge is 0.135 e. The highest BCUT2D eigenvalue weighted by Crippen LogP contribution is 2.40. The molecule has 0 saturated heterocycles. The zero-order chi connectivity index (χ0) is 19.3. The Morgan fingerprint density at radius 3 is 2.64 bits per heavy atom. The van der Waals surface area contributed by atoms with Crippen LogP contribution in [-0.4, -0.2) is 10.1 Å². The quantitative estimate of drug-likeness (QED) is 0.319. The summed E-state index contributed by atoms with van der Waals surface area (Å²) in [5.74, 6) is 0.925. The number of hydrogen-bond donors (Lipinski definition) is 2. The van der Waals surface area contributed by atoms with Crippen LogP contribution in [0.1, 0.15) is 0 Å². The lowest BCUT2D eigenvalue weighted by Crippen LogP contribution is -1.93. The molecule has 5 aromatic rings. The van der Waals surface area contributed by atoms with Gasteiger partial charge in [-0.25, -0.2) is 0 Å². The van der Waals surface area contributed by atoms with Gasteiger partial charge in [0.2, 0.25) is 0 Å². The number of phenolic OH excluding ortho intramolecular Hbond substituents is 1. The minimum atomic E-state index is 0.117. The average Bonchev–Trinajstić information content (AvgIpc) is 3.16. The topological polar surface area (TPSA) is 72.3 Å². The van der Waals surface area contributed by atoms with Crippen molar-refractivity contribution >= 4 is 43.5 Å². The number of fused-ring (bicyclic) bond motifs is 2. The van der Waals surface area contributed by atoms with Crippen molar-refractivity contribution in [2.24, 2.45) is 0 Å². The molecule has 2 aromatic heterocycles. The number of nitrogen functional groups attached to an aromatic ring is 1. The predicted molar refractivity (Wildman–Crippen MR) is 116 cm³/mol. The number of rotatable bonds is 2. The third-order valence-corrected chi connectivity index (χ3v) is 5.74. The van der Waals surface area contributed by atoms with Crippen LogP contribution in [0.4, 0.5) is 5.69 Å². The van der Waals surface area contributed by atoms with Gasteiger partial charge in [0.1, 0.15) is 17.1 Å². The Balaban J connectivity index is 1.67. The van der Waals surface area contributed by atoms with Crippen LogP contribution < -0.4 is 5.73 Å². The van der Waals surface area contributed by atoms with Crippen molar-refractivity contribution in [3.8, 4) is 28.2 Å². The first-order valence-electron chi connectivity index (χ1n) is 8.77. The summed E-state index contributed by atoms with van der Waals surface area (Å²) >= 11 is 3.35.